The fourth-order valence-corrected chi connectivity index (χ4v) is 6.63. The summed E-state index contributed by atoms with van der Waals surface area (Å²) in [6.07, 6.45) is 8.11. The lowest BCUT2D eigenvalue weighted by molar-refractivity contribution is -0.126. The van der Waals surface area contributed by atoms with Gasteiger partial charge >= 0.3 is 0 Å². The summed E-state index contributed by atoms with van der Waals surface area (Å²) in [5, 5.41) is 4.17. The van der Waals surface area contributed by atoms with E-state index < -0.39 is 17.9 Å². The van der Waals surface area contributed by atoms with E-state index in [1.165, 1.54) is 11.0 Å². The molecule has 3 amide bonds. The zero-order valence-electron chi connectivity index (χ0n) is 29.1. The average Bonchev–Trinajstić information content (AvgIpc) is 3.16. The molecule has 1 aliphatic heterocycles. The molecule has 0 radical (unpaired) electrons. The van der Waals surface area contributed by atoms with Crippen LogP contribution in [-0.2, 0) is 21.0 Å². The van der Waals surface area contributed by atoms with E-state index >= 15 is 0 Å². The highest BCUT2D eigenvalue weighted by Crippen LogP contribution is 2.33. The van der Waals surface area contributed by atoms with Crippen LogP contribution in [0, 0.1) is 0 Å². The summed E-state index contributed by atoms with van der Waals surface area (Å²) in [5.41, 5.74) is 3.37. The third kappa shape index (κ3) is 10.2. The molecule has 1 aliphatic rings. The van der Waals surface area contributed by atoms with Gasteiger partial charge in [-0.25, -0.2) is 0 Å². The van der Waals surface area contributed by atoms with Gasteiger partial charge in [-0.05, 0) is 67.0 Å². The molecule has 0 atom stereocenters. The van der Waals surface area contributed by atoms with E-state index in [-0.39, 0.29) is 29.0 Å². The summed E-state index contributed by atoms with van der Waals surface area (Å²) in [7, 11) is 0. The minimum absolute atomic E-state index is 0.0738. The molecule has 1 heterocycles. The molecule has 1 N–H and O–H groups in total. The Morgan fingerprint density at radius 1 is 0.943 bits per heavy atom. The number of rotatable bonds is 14. The standard InChI is InChI=1S/C42H37Cl2N3O5S/c1-4-7-18-33(5-2)47-41(50)34(23-28-19-22-36(37(24-28)51-6-3)52-26-31-20-21-32(43)25-35(31)44)40(49)46-42(47)53-27-38(48)45-39(29-14-10-8-11-15-29)30-16-12-9-13-17-30/h4-5,7-25,39H,1,6,26-27H2,2-3H3,(H,45,48)/b18-7-,33-5+,34-23+. The van der Waals surface area contributed by atoms with Crippen molar-refractivity contribution in [1.82, 2.24) is 10.2 Å². The number of ether oxygens (including phenoxy) is 2. The lowest BCUT2D eigenvalue weighted by atomic mass is 9.99. The number of carbonyl (C=O) groups excluding carboxylic acids is 3. The molecule has 4 aromatic carbocycles. The van der Waals surface area contributed by atoms with Crippen molar-refractivity contribution in [2.45, 2.75) is 26.5 Å². The number of nitrogens with one attached hydrogen (secondary N) is 1. The van der Waals surface area contributed by atoms with Gasteiger partial charge in [-0.15, -0.1) is 0 Å². The molecular weight excluding hydrogens is 729 g/mol. The minimum atomic E-state index is -0.737. The van der Waals surface area contributed by atoms with Gasteiger partial charge in [0.15, 0.2) is 16.7 Å². The third-order valence-corrected chi connectivity index (χ3v) is 9.42. The fourth-order valence-electron chi connectivity index (χ4n) is 5.36. The SMILES string of the molecule is C=C/C=C\C(=C/C)N1C(=O)/C(=C/c2ccc(OCc3ccc(Cl)cc3Cl)c(OCC)c2)C(=O)N=C1SCC(=O)NC(c1ccccc1)c1ccccc1. The predicted molar refractivity (Wildman–Crippen MR) is 214 cm³/mol. The van der Waals surface area contributed by atoms with Crippen LogP contribution < -0.4 is 14.8 Å². The molecule has 53 heavy (non-hydrogen) atoms. The first-order valence-corrected chi connectivity index (χ1v) is 18.5. The molecule has 0 saturated heterocycles. The van der Waals surface area contributed by atoms with Crippen LogP contribution in [0.1, 0.15) is 42.1 Å². The van der Waals surface area contributed by atoms with E-state index in [1.54, 1.807) is 67.6 Å². The number of aliphatic imine (C=N–C) groups is 1. The van der Waals surface area contributed by atoms with Crippen molar-refractivity contribution in [3.8, 4) is 11.5 Å². The molecule has 270 valence electrons. The van der Waals surface area contributed by atoms with E-state index in [1.807, 2.05) is 67.6 Å². The summed E-state index contributed by atoms with van der Waals surface area (Å²) >= 11 is 13.4. The van der Waals surface area contributed by atoms with Crippen molar-refractivity contribution in [1.29, 1.82) is 0 Å². The van der Waals surface area contributed by atoms with Gasteiger partial charge in [-0.2, -0.15) is 4.99 Å². The average molecular weight is 767 g/mol. The Hall–Kier alpha value is -5.35. The Labute approximate surface area is 323 Å². The number of carbonyl (C=O) groups is 3. The van der Waals surface area contributed by atoms with E-state index in [0.29, 0.717) is 39.4 Å². The zero-order chi connectivity index (χ0) is 37.7. The number of nitrogens with zero attached hydrogens (tertiary/aromatic N) is 2. The minimum Gasteiger partial charge on any atom is -0.490 e. The number of amidine groups is 1. The maximum Gasteiger partial charge on any atom is 0.285 e. The third-order valence-electron chi connectivity index (χ3n) is 7.89. The number of halogens is 2. The van der Waals surface area contributed by atoms with Crippen LogP contribution in [-0.4, -0.2) is 40.1 Å². The van der Waals surface area contributed by atoms with Gasteiger partial charge in [0.05, 0.1) is 18.4 Å². The summed E-state index contributed by atoms with van der Waals surface area (Å²) < 4.78 is 11.9. The molecule has 0 spiro atoms. The lowest BCUT2D eigenvalue weighted by Gasteiger charge is -2.28. The molecule has 4 aromatic rings. The number of thioether (sulfide) groups is 1. The Morgan fingerprint density at radius 3 is 2.26 bits per heavy atom. The number of benzene rings is 4. The molecule has 0 unspecified atom stereocenters. The Kier molecular flexibility index (Phi) is 13.9. The maximum absolute atomic E-state index is 14.2. The molecule has 0 fully saturated rings. The van der Waals surface area contributed by atoms with Gasteiger partial charge in [0.2, 0.25) is 5.91 Å². The van der Waals surface area contributed by atoms with Gasteiger partial charge in [0.25, 0.3) is 11.8 Å². The zero-order valence-corrected chi connectivity index (χ0v) is 31.5. The Morgan fingerprint density at radius 2 is 1.64 bits per heavy atom. The van der Waals surface area contributed by atoms with E-state index in [9.17, 15) is 14.4 Å². The quantitative estimate of drug-likeness (QED) is 0.0781. The monoisotopic (exact) mass is 765 g/mol. The fraction of sp³-hybridized carbons (Fsp3) is 0.143. The summed E-state index contributed by atoms with van der Waals surface area (Å²) in [4.78, 5) is 46.8. The van der Waals surface area contributed by atoms with Crippen LogP contribution in [0.5, 0.6) is 11.5 Å². The highest BCUT2D eigenvalue weighted by atomic mass is 35.5. The van der Waals surface area contributed by atoms with Gasteiger partial charge in [-0.3, -0.25) is 19.3 Å². The second kappa shape index (κ2) is 18.9. The second-order valence-corrected chi connectivity index (χ2v) is 13.3. The molecule has 11 heteroatoms. The predicted octanol–water partition coefficient (Wildman–Crippen LogP) is 9.36. The molecule has 8 nitrogen and oxygen atoms in total. The molecule has 0 aromatic heterocycles. The number of hydrogen-bond acceptors (Lipinski definition) is 6. The first-order chi connectivity index (χ1) is 25.7. The first kappa shape index (κ1) is 38.9. The van der Waals surface area contributed by atoms with Crippen molar-refractivity contribution in [2.24, 2.45) is 4.99 Å². The van der Waals surface area contributed by atoms with Crippen molar-refractivity contribution >= 4 is 63.9 Å². The second-order valence-electron chi connectivity index (χ2n) is 11.5. The number of allylic oxidation sites excluding steroid dienone is 4. The molecule has 5 rings (SSSR count). The number of hydrogen-bond donors (Lipinski definition) is 1. The summed E-state index contributed by atoms with van der Waals surface area (Å²) in [6, 6.07) is 29.1. The van der Waals surface area contributed by atoms with Crippen molar-refractivity contribution < 1.29 is 23.9 Å². The van der Waals surface area contributed by atoms with E-state index in [2.05, 4.69) is 16.9 Å². The highest BCUT2D eigenvalue weighted by Gasteiger charge is 2.35. The number of amides is 3. The van der Waals surface area contributed by atoms with Crippen molar-refractivity contribution in [3.05, 3.63) is 172 Å². The molecule has 0 aliphatic carbocycles. The van der Waals surface area contributed by atoms with Gasteiger partial charge < -0.3 is 14.8 Å². The summed E-state index contributed by atoms with van der Waals surface area (Å²) in [5.74, 6) is -0.878. The van der Waals surface area contributed by atoms with Crippen LogP contribution in [0.25, 0.3) is 6.08 Å². The van der Waals surface area contributed by atoms with Crippen LogP contribution in [0.2, 0.25) is 10.0 Å². The topological polar surface area (TPSA) is 97.3 Å². The van der Waals surface area contributed by atoms with Crippen molar-refractivity contribution in [3.63, 3.8) is 0 Å². The van der Waals surface area contributed by atoms with Crippen LogP contribution in [0.15, 0.2) is 144 Å². The lowest BCUT2D eigenvalue weighted by Crippen LogP contribution is -2.42. The largest absolute Gasteiger partial charge is 0.490 e. The van der Waals surface area contributed by atoms with Crippen LogP contribution in [0.4, 0.5) is 0 Å². The van der Waals surface area contributed by atoms with Crippen LogP contribution in [0.3, 0.4) is 0 Å². The van der Waals surface area contributed by atoms with Crippen LogP contribution >= 0.6 is 35.0 Å². The van der Waals surface area contributed by atoms with Crippen molar-refractivity contribution in [2.75, 3.05) is 12.4 Å². The van der Waals surface area contributed by atoms with E-state index in [0.717, 1.165) is 28.5 Å². The van der Waals surface area contributed by atoms with E-state index in [4.69, 9.17) is 32.7 Å². The molecule has 0 saturated carbocycles. The highest BCUT2D eigenvalue weighted by molar-refractivity contribution is 8.14. The smallest absolute Gasteiger partial charge is 0.285 e. The maximum atomic E-state index is 14.2. The normalized spacial score (nSPS) is 14.1. The Bertz CT molecular complexity index is 2060. The van der Waals surface area contributed by atoms with Gasteiger partial charge in [0, 0.05) is 21.3 Å². The summed E-state index contributed by atoms with van der Waals surface area (Å²) in [6.45, 7) is 7.85. The molecule has 0 bridgehead atoms. The molecular formula is C42H37Cl2N3O5S. The first-order valence-electron chi connectivity index (χ1n) is 16.7. The van der Waals surface area contributed by atoms with Gasteiger partial charge in [-0.1, -0.05) is 133 Å². The Balaban J connectivity index is 1.40. The van der Waals surface area contributed by atoms with Gasteiger partial charge in [0.1, 0.15) is 12.2 Å².